The maximum atomic E-state index is 13.3. The second-order valence-electron chi connectivity index (χ2n) is 29.8. The molecule has 0 spiro atoms. The van der Waals surface area contributed by atoms with Gasteiger partial charge in [-0.25, -0.2) is 15.0 Å². The number of aromatic amines is 4. The summed E-state index contributed by atoms with van der Waals surface area (Å²) < 4.78 is 7.94. The minimum Gasteiger partial charge on any atom is -0.457 e. The minimum atomic E-state index is -0.235. The summed E-state index contributed by atoms with van der Waals surface area (Å²) in [6, 6.07) is 49.8. The SMILES string of the molecule is CC(C)(C)c1ccc2cc[nH]c2c1.Cc1[nH]nc2cc(C(C)(C)C)ccc12.Cc1ccc(C(C)(C)C)cc1Oc1ccccc1.Cc1cn(-c2cc(CC(=O)c3ccc4nc(CCO)[nH]c4c3)cc(CN3CCC(O)C(C)C3)c2)cn1.Cc1nc2ccc(C(C)(C)C)cc2[nH]1. The lowest BCUT2D eigenvalue weighted by Crippen LogP contribution is -2.41. The highest BCUT2D eigenvalue weighted by molar-refractivity contribution is 6.00. The van der Waals surface area contributed by atoms with E-state index in [1.165, 1.54) is 38.5 Å². The zero-order valence-electron chi connectivity index (χ0n) is 59.1. The van der Waals surface area contributed by atoms with Crippen molar-refractivity contribution in [3.63, 3.8) is 0 Å². The summed E-state index contributed by atoms with van der Waals surface area (Å²) in [6.07, 6.45) is 7.06. The Labute approximate surface area is 562 Å². The molecule has 95 heavy (non-hydrogen) atoms. The quantitative estimate of drug-likeness (QED) is 0.0724. The van der Waals surface area contributed by atoms with Crippen molar-refractivity contribution in [1.29, 1.82) is 0 Å². The molecule has 0 aliphatic carbocycles. The summed E-state index contributed by atoms with van der Waals surface area (Å²) in [6.45, 7) is 39.3. The van der Waals surface area contributed by atoms with Gasteiger partial charge in [-0.2, -0.15) is 5.10 Å². The Morgan fingerprint density at radius 3 is 1.94 bits per heavy atom. The number of fused-ring (bicyclic) bond motifs is 4. The lowest BCUT2D eigenvalue weighted by molar-refractivity contribution is 0.0320. The van der Waals surface area contributed by atoms with Gasteiger partial charge in [0.25, 0.3) is 0 Å². The number of rotatable bonds is 10. The molecule has 5 aromatic heterocycles. The predicted octanol–water partition coefficient (Wildman–Crippen LogP) is 18.1. The Balaban J connectivity index is 0.000000151. The molecule has 0 saturated carbocycles. The van der Waals surface area contributed by atoms with Gasteiger partial charge in [-0.3, -0.25) is 14.8 Å². The molecule has 6 N–H and O–H groups in total. The number of ether oxygens (including phenoxy) is 1. The monoisotopic (exact) mass is 1280 g/mol. The number of benzene rings is 7. The Morgan fingerprint density at radius 2 is 1.26 bits per heavy atom. The van der Waals surface area contributed by atoms with E-state index in [0.717, 1.165) is 105 Å². The van der Waals surface area contributed by atoms with Gasteiger partial charge in [0, 0.05) is 72.7 Å². The number of H-pyrrole nitrogens is 4. The fraction of sp³-hybridized carbons (Fsp3) is 0.370. The van der Waals surface area contributed by atoms with Crippen LogP contribution in [0.5, 0.6) is 11.5 Å². The molecule has 13 rings (SSSR count). The number of aliphatic hydroxyl groups is 2. The molecule has 2 atom stereocenters. The molecule has 1 aliphatic rings. The largest absolute Gasteiger partial charge is 0.457 e. The number of carbonyl (C=O) groups is 1. The van der Waals surface area contributed by atoms with Gasteiger partial charge < -0.3 is 34.5 Å². The van der Waals surface area contributed by atoms with E-state index in [1.807, 2.05) is 86.3 Å². The van der Waals surface area contributed by atoms with Crippen molar-refractivity contribution in [2.45, 2.75) is 171 Å². The molecule has 0 radical (unpaired) electrons. The number of likely N-dealkylation sites (tertiary alicyclic amines) is 1. The standard InChI is InChI=1S/C28H33N5O3.C17H20O.2C12H16N2.C12H15N/c1-18-14-32(7-5-26(18)35)16-21-9-20(10-23(11-21)33-15-19(2)29-17-33)12-27(36)22-3-4-24-25(13-22)31-28(30-24)6-8-34;1-13-10-11-14(17(2,3)4)12-16(13)18-15-8-6-5-7-9-15;1-8-13-10-6-5-9(12(2,3)4)7-11(10)14-8;1-8-10-6-5-9(12(2,3)4)7-11(10)14-13-8;1-12(2,3)10-5-4-9-6-7-13-11(9)8-10/h3-4,9-11,13,15,17-18,26,34-35H,5-8,12,14,16H2,1-2H3,(H,30,31);5-12H,1-4H3;2*5-7H,1-4H3,(H,13,14);4-8,13H,1-3H3. The highest BCUT2D eigenvalue weighted by Crippen LogP contribution is 2.33. The molecule has 12 aromatic rings. The molecule has 0 amide bonds. The van der Waals surface area contributed by atoms with Crippen molar-refractivity contribution in [2.24, 2.45) is 5.92 Å². The molecule has 14 nitrogen and oxygen atoms in total. The van der Waals surface area contributed by atoms with Crippen molar-refractivity contribution in [1.82, 2.24) is 49.6 Å². The molecule has 1 fully saturated rings. The lowest BCUT2D eigenvalue weighted by atomic mass is 9.86. The van der Waals surface area contributed by atoms with E-state index in [2.05, 4.69) is 239 Å². The Bertz CT molecular complexity index is 4490. The number of aryl methyl sites for hydroxylation is 4. The smallest absolute Gasteiger partial charge is 0.167 e. The molecule has 6 heterocycles. The Morgan fingerprint density at radius 1 is 0.642 bits per heavy atom. The van der Waals surface area contributed by atoms with Crippen LogP contribution in [0, 0.1) is 33.6 Å². The number of hydrogen-bond donors (Lipinski definition) is 6. The van der Waals surface area contributed by atoms with Crippen molar-refractivity contribution in [2.75, 3.05) is 19.7 Å². The molecule has 498 valence electrons. The number of nitrogens with zero attached hydrogens (tertiary/aromatic N) is 6. The molecule has 1 saturated heterocycles. The number of carbonyl (C=O) groups excluding carboxylic acids is 1. The number of aromatic nitrogens is 9. The second-order valence-corrected chi connectivity index (χ2v) is 29.8. The third-order valence-corrected chi connectivity index (χ3v) is 17.5. The minimum absolute atomic E-state index is 0.0254. The number of imidazole rings is 3. The highest BCUT2D eigenvalue weighted by Gasteiger charge is 2.25. The molecule has 0 bridgehead atoms. The van der Waals surface area contributed by atoms with E-state index in [0.29, 0.717) is 17.8 Å². The van der Waals surface area contributed by atoms with Gasteiger partial charge in [0.2, 0.25) is 0 Å². The second kappa shape index (κ2) is 29.8. The number of Topliss-reactive ketones (excluding diaryl/α,β-unsaturated/α-hetero) is 1. The maximum absolute atomic E-state index is 13.3. The molecule has 1 aliphatic heterocycles. The first-order valence-electron chi connectivity index (χ1n) is 33.4. The third-order valence-electron chi connectivity index (χ3n) is 17.5. The van der Waals surface area contributed by atoms with Gasteiger partial charge in [-0.15, -0.1) is 0 Å². The number of para-hydroxylation sites is 1. The van der Waals surface area contributed by atoms with Gasteiger partial charge in [-0.1, -0.05) is 157 Å². The van der Waals surface area contributed by atoms with Gasteiger partial charge >= 0.3 is 0 Å². The van der Waals surface area contributed by atoms with Crippen molar-refractivity contribution < 1.29 is 19.7 Å². The first-order valence-corrected chi connectivity index (χ1v) is 33.4. The van der Waals surface area contributed by atoms with E-state index < -0.39 is 0 Å². The summed E-state index contributed by atoms with van der Waals surface area (Å²) in [4.78, 5) is 38.6. The average Bonchev–Trinajstić information content (AvgIpc) is 1.90. The van der Waals surface area contributed by atoms with Crippen LogP contribution in [0.25, 0.3) is 49.6 Å². The van der Waals surface area contributed by atoms with E-state index in [-0.39, 0.29) is 52.5 Å². The Kier molecular flexibility index (Phi) is 22.1. The van der Waals surface area contributed by atoms with Crippen LogP contribution in [0.2, 0.25) is 0 Å². The van der Waals surface area contributed by atoms with Gasteiger partial charge in [0.1, 0.15) is 23.1 Å². The molecular weight excluding hydrogens is 1180 g/mol. The van der Waals surface area contributed by atoms with Crippen LogP contribution in [-0.2, 0) is 41.0 Å². The van der Waals surface area contributed by atoms with Crippen LogP contribution >= 0.6 is 0 Å². The summed E-state index contributed by atoms with van der Waals surface area (Å²) in [5, 5.41) is 29.1. The summed E-state index contributed by atoms with van der Waals surface area (Å²) in [7, 11) is 0. The number of aliphatic hydroxyl groups excluding tert-OH is 2. The van der Waals surface area contributed by atoms with Crippen molar-refractivity contribution in [3.8, 4) is 17.2 Å². The summed E-state index contributed by atoms with van der Waals surface area (Å²) in [5.74, 6) is 3.79. The van der Waals surface area contributed by atoms with Crippen LogP contribution in [0.4, 0.5) is 0 Å². The molecule has 7 aromatic carbocycles. The predicted molar refractivity (Wildman–Crippen MR) is 391 cm³/mol. The zero-order valence-corrected chi connectivity index (χ0v) is 59.1. The lowest BCUT2D eigenvalue weighted by Gasteiger charge is -2.34. The fourth-order valence-corrected chi connectivity index (χ4v) is 11.5. The molecule has 2 unspecified atom stereocenters. The number of piperidine rings is 1. The molecular formula is C81H100N10O4. The van der Waals surface area contributed by atoms with E-state index in [9.17, 15) is 15.0 Å². The summed E-state index contributed by atoms with van der Waals surface area (Å²) >= 11 is 0. The van der Waals surface area contributed by atoms with Crippen molar-refractivity contribution in [3.05, 3.63) is 232 Å². The first-order chi connectivity index (χ1) is 44.9. The van der Waals surface area contributed by atoms with Crippen LogP contribution in [0.3, 0.4) is 0 Å². The number of nitrogens with one attached hydrogen (secondary N) is 4. The zero-order chi connectivity index (χ0) is 68.6. The van der Waals surface area contributed by atoms with Crippen LogP contribution in [0.15, 0.2) is 164 Å². The van der Waals surface area contributed by atoms with Crippen LogP contribution in [0.1, 0.15) is 169 Å². The topological polar surface area (TPSA) is 190 Å². The average molecular weight is 1280 g/mol. The fourth-order valence-electron chi connectivity index (χ4n) is 11.5. The normalized spacial score (nSPS) is 14.5. The maximum Gasteiger partial charge on any atom is 0.167 e. The highest BCUT2D eigenvalue weighted by atomic mass is 16.5. The van der Waals surface area contributed by atoms with E-state index in [1.54, 1.807) is 6.33 Å². The van der Waals surface area contributed by atoms with Crippen LogP contribution in [-0.4, -0.2) is 91.4 Å². The van der Waals surface area contributed by atoms with Gasteiger partial charge in [-0.05, 0) is 185 Å². The van der Waals surface area contributed by atoms with Gasteiger partial charge in [0.05, 0.1) is 52.3 Å². The Hall–Kier alpha value is -8.95. The van der Waals surface area contributed by atoms with E-state index in [4.69, 9.17) is 4.74 Å². The summed E-state index contributed by atoms with van der Waals surface area (Å²) in [5.41, 5.74) is 19.1. The number of hydrogen-bond acceptors (Lipinski definition) is 9. The first kappa shape index (κ1) is 70.4. The van der Waals surface area contributed by atoms with E-state index >= 15 is 0 Å². The number of ketones is 1. The van der Waals surface area contributed by atoms with Crippen LogP contribution < -0.4 is 4.74 Å². The third kappa shape index (κ3) is 18.9. The van der Waals surface area contributed by atoms with Crippen molar-refractivity contribution >= 4 is 49.7 Å². The molecule has 14 heteroatoms. The van der Waals surface area contributed by atoms with Gasteiger partial charge in [0.15, 0.2) is 5.78 Å².